The minimum absolute atomic E-state index is 0.0411. The maximum Gasteiger partial charge on any atom is 0.341 e. The number of hydrogen-bond donors (Lipinski definition) is 3. The van der Waals surface area contributed by atoms with E-state index in [-0.39, 0.29) is 17.9 Å². The SMILES string of the molecule is Cc1cc(OCC(=O)O)c(C)c(C)c1C/C(N)=C(F)/C=C(/O)CC1CCCCC1. The molecule has 0 radical (unpaired) electrons. The quantitative estimate of drug-likeness (QED) is 0.410. The van der Waals surface area contributed by atoms with Crippen LogP contribution in [-0.2, 0) is 11.2 Å². The maximum atomic E-state index is 14.6. The first-order valence-corrected chi connectivity index (χ1v) is 10.2. The molecule has 0 aliphatic heterocycles. The lowest BCUT2D eigenvalue weighted by molar-refractivity contribution is -0.139. The molecule has 5 nitrogen and oxygen atoms in total. The monoisotopic (exact) mass is 405 g/mol. The fraction of sp³-hybridized carbons (Fsp3) is 0.522. The molecule has 0 bridgehead atoms. The highest BCUT2D eigenvalue weighted by Gasteiger charge is 2.17. The van der Waals surface area contributed by atoms with Crippen LogP contribution in [-0.4, -0.2) is 22.8 Å². The number of carbonyl (C=O) groups is 1. The number of aryl methyl sites for hydroxylation is 1. The van der Waals surface area contributed by atoms with E-state index in [1.165, 1.54) is 19.3 Å². The first-order chi connectivity index (χ1) is 13.7. The lowest BCUT2D eigenvalue weighted by Gasteiger charge is -2.20. The van der Waals surface area contributed by atoms with Crippen molar-refractivity contribution in [2.24, 2.45) is 11.7 Å². The molecule has 6 heteroatoms. The zero-order valence-corrected chi connectivity index (χ0v) is 17.6. The van der Waals surface area contributed by atoms with Gasteiger partial charge in [-0.15, -0.1) is 0 Å². The smallest absolute Gasteiger partial charge is 0.341 e. The Hall–Kier alpha value is -2.50. The van der Waals surface area contributed by atoms with Crippen LogP contribution >= 0.6 is 0 Å². The van der Waals surface area contributed by atoms with E-state index in [9.17, 15) is 14.3 Å². The van der Waals surface area contributed by atoms with Crippen LogP contribution in [0.5, 0.6) is 5.75 Å². The highest BCUT2D eigenvalue weighted by atomic mass is 19.1. The minimum Gasteiger partial charge on any atom is -0.512 e. The van der Waals surface area contributed by atoms with Crippen molar-refractivity contribution >= 4 is 5.97 Å². The number of aliphatic carboxylic acids is 1. The molecular formula is C23H32FNO4. The van der Waals surface area contributed by atoms with E-state index >= 15 is 0 Å². The van der Waals surface area contributed by atoms with Gasteiger partial charge in [0.25, 0.3) is 0 Å². The van der Waals surface area contributed by atoms with Gasteiger partial charge in [-0.05, 0) is 55.0 Å². The molecule has 0 saturated heterocycles. The van der Waals surface area contributed by atoms with Crippen LogP contribution in [0, 0.1) is 26.7 Å². The highest BCUT2D eigenvalue weighted by molar-refractivity contribution is 5.68. The van der Waals surface area contributed by atoms with Crippen LogP contribution in [0.15, 0.2) is 29.4 Å². The first kappa shape index (κ1) is 22.8. The molecule has 1 aliphatic carbocycles. The molecule has 1 aromatic rings. The molecule has 0 unspecified atom stereocenters. The van der Waals surface area contributed by atoms with Crippen molar-refractivity contribution in [3.05, 3.63) is 51.7 Å². The number of ether oxygens (including phenoxy) is 1. The number of aliphatic hydroxyl groups is 1. The van der Waals surface area contributed by atoms with Crippen LogP contribution in [0.3, 0.4) is 0 Å². The summed E-state index contributed by atoms with van der Waals surface area (Å²) in [6.07, 6.45) is 7.57. The van der Waals surface area contributed by atoms with Gasteiger partial charge in [0.15, 0.2) is 6.61 Å². The van der Waals surface area contributed by atoms with E-state index in [0.29, 0.717) is 18.1 Å². The Kier molecular flexibility index (Phi) is 8.11. The summed E-state index contributed by atoms with van der Waals surface area (Å²) in [5.41, 5.74) is 9.46. The van der Waals surface area contributed by atoms with E-state index in [2.05, 4.69) is 0 Å². The molecule has 0 spiro atoms. The molecule has 1 saturated carbocycles. The number of carboxylic acid groups (broad SMARTS) is 1. The summed E-state index contributed by atoms with van der Waals surface area (Å²) in [6, 6.07) is 1.75. The number of carboxylic acids is 1. The van der Waals surface area contributed by atoms with Crippen LogP contribution in [0.1, 0.15) is 60.8 Å². The number of aliphatic hydroxyl groups excluding tert-OH is 1. The van der Waals surface area contributed by atoms with Gasteiger partial charge in [-0.25, -0.2) is 9.18 Å². The standard InChI is InChI=1S/C23H32FNO4/c1-14-9-22(29-13-23(27)28)16(3)15(2)19(14)12-21(25)20(24)11-18(26)10-17-7-5-4-6-8-17/h9,11,17,26H,4-8,10,12-13,25H2,1-3H3,(H,27,28)/b18-11+,21-20+. The number of allylic oxidation sites excluding steroid dienone is 4. The predicted octanol–water partition coefficient (Wildman–Crippen LogP) is 5.17. The number of benzene rings is 1. The molecule has 160 valence electrons. The van der Waals surface area contributed by atoms with Gasteiger partial charge in [0.05, 0.1) is 5.76 Å². The van der Waals surface area contributed by atoms with Crippen molar-refractivity contribution < 1.29 is 24.1 Å². The van der Waals surface area contributed by atoms with Crippen molar-refractivity contribution in [2.75, 3.05) is 6.61 Å². The minimum atomic E-state index is -1.04. The molecule has 1 aliphatic rings. The largest absolute Gasteiger partial charge is 0.512 e. The Morgan fingerprint density at radius 3 is 2.48 bits per heavy atom. The van der Waals surface area contributed by atoms with Gasteiger partial charge in [0.1, 0.15) is 11.6 Å². The molecule has 0 amide bonds. The van der Waals surface area contributed by atoms with Crippen LogP contribution in [0.25, 0.3) is 0 Å². The Balaban J connectivity index is 2.15. The number of rotatable bonds is 8. The number of halogens is 1. The molecule has 4 N–H and O–H groups in total. The van der Waals surface area contributed by atoms with Gasteiger partial charge < -0.3 is 20.7 Å². The summed E-state index contributed by atoms with van der Waals surface area (Å²) in [5.74, 6) is -0.697. The topological polar surface area (TPSA) is 92.8 Å². The molecule has 29 heavy (non-hydrogen) atoms. The van der Waals surface area contributed by atoms with Gasteiger partial charge in [0.2, 0.25) is 0 Å². The molecular weight excluding hydrogens is 373 g/mol. The summed E-state index contributed by atoms with van der Waals surface area (Å²) in [5, 5.41) is 18.9. The Bertz CT molecular complexity index is 808. The summed E-state index contributed by atoms with van der Waals surface area (Å²) >= 11 is 0. The molecule has 2 rings (SSSR count). The van der Waals surface area contributed by atoms with Crippen molar-refractivity contribution in [2.45, 2.75) is 65.7 Å². The third kappa shape index (κ3) is 6.51. The first-order valence-electron chi connectivity index (χ1n) is 10.2. The Labute approximate surface area is 172 Å². The zero-order chi connectivity index (χ0) is 21.6. The second-order valence-corrected chi connectivity index (χ2v) is 8.00. The van der Waals surface area contributed by atoms with Gasteiger partial charge in [0, 0.05) is 24.6 Å². The molecule has 0 aromatic heterocycles. The van der Waals surface area contributed by atoms with Crippen LogP contribution in [0.2, 0.25) is 0 Å². The molecule has 0 heterocycles. The second-order valence-electron chi connectivity index (χ2n) is 8.00. The lowest BCUT2D eigenvalue weighted by Crippen LogP contribution is -2.12. The summed E-state index contributed by atoms with van der Waals surface area (Å²) in [7, 11) is 0. The number of hydrogen-bond acceptors (Lipinski definition) is 4. The van der Waals surface area contributed by atoms with E-state index in [0.717, 1.165) is 41.2 Å². The van der Waals surface area contributed by atoms with E-state index < -0.39 is 18.4 Å². The van der Waals surface area contributed by atoms with E-state index in [4.69, 9.17) is 15.6 Å². The van der Waals surface area contributed by atoms with Crippen molar-refractivity contribution in [3.63, 3.8) is 0 Å². The lowest BCUT2D eigenvalue weighted by atomic mass is 9.86. The van der Waals surface area contributed by atoms with Gasteiger partial charge in [-0.1, -0.05) is 32.1 Å². The van der Waals surface area contributed by atoms with Crippen LogP contribution in [0.4, 0.5) is 4.39 Å². The molecule has 1 fully saturated rings. The third-order valence-electron chi connectivity index (χ3n) is 5.75. The molecule has 0 atom stereocenters. The molecule has 1 aromatic carbocycles. The van der Waals surface area contributed by atoms with E-state index in [1.807, 2.05) is 20.8 Å². The van der Waals surface area contributed by atoms with E-state index in [1.54, 1.807) is 6.07 Å². The van der Waals surface area contributed by atoms with Crippen molar-refractivity contribution in [1.29, 1.82) is 0 Å². The average molecular weight is 406 g/mol. The Morgan fingerprint density at radius 1 is 1.21 bits per heavy atom. The van der Waals surface area contributed by atoms with Gasteiger partial charge in [-0.3, -0.25) is 0 Å². The highest BCUT2D eigenvalue weighted by Crippen LogP contribution is 2.31. The average Bonchev–Trinajstić information content (AvgIpc) is 2.67. The predicted molar refractivity (Wildman–Crippen MR) is 112 cm³/mol. The van der Waals surface area contributed by atoms with Crippen molar-refractivity contribution in [1.82, 2.24) is 0 Å². The fourth-order valence-electron chi connectivity index (χ4n) is 3.92. The fourth-order valence-corrected chi connectivity index (χ4v) is 3.92. The zero-order valence-electron chi connectivity index (χ0n) is 17.6. The second kappa shape index (κ2) is 10.3. The summed E-state index contributed by atoms with van der Waals surface area (Å²) in [4.78, 5) is 10.7. The maximum absolute atomic E-state index is 14.6. The summed E-state index contributed by atoms with van der Waals surface area (Å²) < 4.78 is 19.9. The Morgan fingerprint density at radius 2 is 1.86 bits per heavy atom. The van der Waals surface area contributed by atoms with Crippen LogP contribution < -0.4 is 10.5 Å². The van der Waals surface area contributed by atoms with Gasteiger partial charge in [-0.2, -0.15) is 0 Å². The normalized spacial score (nSPS) is 16.5. The van der Waals surface area contributed by atoms with Gasteiger partial charge >= 0.3 is 5.97 Å². The van der Waals surface area contributed by atoms with Crippen molar-refractivity contribution in [3.8, 4) is 5.75 Å². The summed E-state index contributed by atoms with van der Waals surface area (Å²) in [6.45, 7) is 5.16. The third-order valence-corrected chi connectivity index (χ3v) is 5.75. The number of nitrogens with two attached hydrogens (primary N) is 1.